The summed E-state index contributed by atoms with van der Waals surface area (Å²) in [4.78, 5) is 0. The minimum atomic E-state index is -0.112. The summed E-state index contributed by atoms with van der Waals surface area (Å²) in [5.41, 5.74) is 4.49. The summed E-state index contributed by atoms with van der Waals surface area (Å²) in [6.45, 7) is 9.78. The molecule has 0 saturated heterocycles. The standard InChI is InChI=1S/C15H17N/c1-5-11(2)15(13(4)10-16)14-9-7-6-8-12(14)3/h5-9,13H,1H2,2-4H3/b15-11+. The average molecular weight is 211 g/mol. The molecule has 0 radical (unpaired) electrons. The van der Waals surface area contributed by atoms with Crippen LogP contribution in [0.1, 0.15) is 25.0 Å². The molecule has 1 unspecified atom stereocenters. The Bertz CT molecular complexity index is 461. The van der Waals surface area contributed by atoms with E-state index in [2.05, 4.69) is 31.7 Å². The molecule has 0 aliphatic carbocycles. The average Bonchev–Trinajstić information content (AvgIpc) is 2.31. The van der Waals surface area contributed by atoms with E-state index in [1.54, 1.807) is 0 Å². The summed E-state index contributed by atoms with van der Waals surface area (Å²) in [6, 6.07) is 10.4. The first-order chi connectivity index (χ1) is 7.61. The smallest absolute Gasteiger partial charge is 0.0701 e. The predicted molar refractivity (Wildman–Crippen MR) is 68.7 cm³/mol. The Hall–Kier alpha value is -1.81. The van der Waals surface area contributed by atoms with Gasteiger partial charge in [-0.1, -0.05) is 36.9 Å². The van der Waals surface area contributed by atoms with Gasteiger partial charge in [0.05, 0.1) is 12.0 Å². The van der Waals surface area contributed by atoms with Crippen molar-refractivity contribution in [1.82, 2.24) is 0 Å². The molecule has 0 fully saturated rings. The van der Waals surface area contributed by atoms with Gasteiger partial charge in [0.2, 0.25) is 0 Å². The zero-order valence-corrected chi connectivity index (χ0v) is 10.1. The molecule has 16 heavy (non-hydrogen) atoms. The van der Waals surface area contributed by atoms with Crippen LogP contribution in [0.15, 0.2) is 42.5 Å². The molecule has 1 atom stereocenters. The van der Waals surface area contributed by atoms with Crippen molar-refractivity contribution in [2.45, 2.75) is 20.8 Å². The van der Waals surface area contributed by atoms with Gasteiger partial charge in [-0.3, -0.25) is 0 Å². The summed E-state index contributed by atoms with van der Waals surface area (Å²) in [7, 11) is 0. The Morgan fingerprint density at radius 1 is 1.44 bits per heavy atom. The molecule has 1 nitrogen and oxygen atoms in total. The zero-order chi connectivity index (χ0) is 12.1. The number of hydrogen-bond donors (Lipinski definition) is 0. The highest BCUT2D eigenvalue weighted by molar-refractivity contribution is 5.75. The monoisotopic (exact) mass is 211 g/mol. The van der Waals surface area contributed by atoms with Crippen molar-refractivity contribution in [3.63, 3.8) is 0 Å². The van der Waals surface area contributed by atoms with E-state index in [1.165, 1.54) is 5.56 Å². The lowest BCUT2D eigenvalue weighted by atomic mass is 9.88. The van der Waals surface area contributed by atoms with E-state index in [9.17, 15) is 0 Å². The SMILES string of the molecule is C=C/C(C)=C(/c1ccccc1C)C(C)C#N. The molecular formula is C15H17N. The lowest BCUT2D eigenvalue weighted by Crippen LogP contribution is -2.00. The highest BCUT2D eigenvalue weighted by Crippen LogP contribution is 2.29. The summed E-state index contributed by atoms with van der Waals surface area (Å²) < 4.78 is 0. The number of allylic oxidation sites excluding steroid dienone is 3. The molecule has 0 heterocycles. The molecule has 1 aromatic rings. The Kier molecular flexibility index (Phi) is 4.08. The molecule has 1 rings (SSSR count). The van der Waals surface area contributed by atoms with Crippen LogP contribution < -0.4 is 0 Å². The minimum absolute atomic E-state index is 0.112. The molecule has 0 saturated carbocycles. The fraction of sp³-hybridized carbons (Fsp3) is 0.267. The Morgan fingerprint density at radius 2 is 2.06 bits per heavy atom. The van der Waals surface area contributed by atoms with Gasteiger partial charge >= 0.3 is 0 Å². The normalized spacial score (nSPS) is 13.6. The molecule has 0 aliphatic rings. The van der Waals surface area contributed by atoms with Crippen molar-refractivity contribution < 1.29 is 0 Å². The first kappa shape index (κ1) is 12.3. The number of nitriles is 1. The maximum Gasteiger partial charge on any atom is 0.0701 e. The van der Waals surface area contributed by atoms with Crippen molar-refractivity contribution in [3.05, 3.63) is 53.6 Å². The van der Waals surface area contributed by atoms with Crippen LogP contribution >= 0.6 is 0 Å². The fourth-order valence-corrected chi connectivity index (χ4v) is 1.84. The van der Waals surface area contributed by atoms with Crippen LogP contribution in [0.3, 0.4) is 0 Å². The Labute approximate surface area is 97.7 Å². The van der Waals surface area contributed by atoms with Gasteiger partial charge in [-0.2, -0.15) is 5.26 Å². The van der Waals surface area contributed by atoms with E-state index in [0.717, 1.165) is 16.7 Å². The zero-order valence-electron chi connectivity index (χ0n) is 10.1. The Balaban J connectivity index is 3.41. The van der Waals surface area contributed by atoms with Gasteiger partial charge in [0.25, 0.3) is 0 Å². The van der Waals surface area contributed by atoms with Crippen molar-refractivity contribution in [2.75, 3.05) is 0 Å². The van der Waals surface area contributed by atoms with Crippen molar-refractivity contribution in [1.29, 1.82) is 5.26 Å². The highest BCUT2D eigenvalue weighted by Gasteiger charge is 2.13. The molecule has 82 valence electrons. The first-order valence-electron chi connectivity index (χ1n) is 5.40. The molecule has 0 aromatic heterocycles. The van der Waals surface area contributed by atoms with E-state index < -0.39 is 0 Å². The molecule has 0 spiro atoms. The van der Waals surface area contributed by atoms with Gasteiger partial charge in [-0.05, 0) is 43.0 Å². The highest BCUT2D eigenvalue weighted by atomic mass is 14.3. The topological polar surface area (TPSA) is 23.8 Å². The minimum Gasteiger partial charge on any atom is -0.198 e. The van der Waals surface area contributed by atoms with Crippen LogP contribution in [0.25, 0.3) is 5.57 Å². The third kappa shape index (κ3) is 2.41. The van der Waals surface area contributed by atoms with Crippen LogP contribution in [-0.2, 0) is 0 Å². The third-order valence-corrected chi connectivity index (χ3v) is 2.79. The summed E-state index contributed by atoms with van der Waals surface area (Å²) >= 11 is 0. The molecule has 0 amide bonds. The third-order valence-electron chi connectivity index (χ3n) is 2.79. The predicted octanol–water partition coefficient (Wildman–Crippen LogP) is 4.11. The lowest BCUT2D eigenvalue weighted by molar-refractivity contribution is 0.968. The van der Waals surface area contributed by atoms with Gasteiger partial charge in [0.15, 0.2) is 0 Å². The summed E-state index contributed by atoms with van der Waals surface area (Å²) in [6.07, 6.45) is 1.82. The van der Waals surface area contributed by atoms with Crippen LogP contribution in [-0.4, -0.2) is 0 Å². The van der Waals surface area contributed by atoms with Crippen molar-refractivity contribution >= 4 is 5.57 Å². The van der Waals surface area contributed by atoms with Gasteiger partial charge in [0.1, 0.15) is 0 Å². The molecule has 1 heteroatoms. The molecule has 0 N–H and O–H groups in total. The lowest BCUT2D eigenvalue weighted by Gasteiger charge is -2.15. The van der Waals surface area contributed by atoms with Crippen LogP contribution in [0.4, 0.5) is 0 Å². The largest absolute Gasteiger partial charge is 0.198 e. The Morgan fingerprint density at radius 3 is 2.56 bits per heavy atom. The molecular weight excluding hydrogens is 194 g/mol. The molecule has 0 bridgehead atoms. The van der Waals surface area contributed by atoms with Crippen molar-refractivity contribution in [2.24, 2.45) is 5.92 Å². The van der Waals surface area contributed by atoms with E-state index in [0.29, 0.717) is 0 Å². The van der Waals surface area contributed by atoms with Gasteiger partial charge < -0.3 is 0 Å². The molecule has 0 aliphatic heterocycles. The van der Waals surface area contributed by atoms with E-state index in [1.807, 2.05) is 32.1 Å². The number of nitrogens with zero attached hydrogens (tertiary/aromatic N) is 1. The molecule has 1 aromatic carbocycles. The van der Waals surface area contributed by atoms with E-state index >= 15 is 0 Å². The quantitative estimate of drug-likeness (QED) is 0.690. The van der Waals surface area contributed by atoms with Crippen molar-refractivity contribution in [3.8, 4) is 6.07 Å². The summed E-state index contributed by atoms with van der Waals surface area (Å²) in [5, 5.41) is 9.08. The number of rotatable bonds is 3. The maximum atomic E-state index is 9.08. The second kappa shape index (κ2) is 5.32. The van der Waals surface area contributed by atoms with Crippen LogP contribution in [0.2, 0.25) is 0 Å². The fourth-order valence-electron chi connectivity index (χ4n) is 1.84. The first-order valence-corrected chi connectivity index (χ1v) is 5.40. The second-order valence-electron chi connectivity index (χ2n) is 3.97. The number of aryl methyl sites for hydroxylation is 1. The number of hydrogen-bond acceptors (Lipinski definition) is 1. The van der Waals surface area contributed by atoms with Gasteiger partial charge in [0, 0.05) is 0 Å². The van der Waals surface area contributed by atoms with E-state index in [-0.39, 0.29) is 5.92 Å². The van der Waals surface area contributed by atoms with Gasteiger partial charge in [-0.25, -0.2) is 0 Å². The van der Waals surface area contributed by atoms with Gasteiger partial charge in [-0.15, -0.1) is 0 Å². The van der Waals surface area contributed by atoms with E-state index in [4.69, 9.17) is 5.26 Å². The van der Waals surface area contributed by atoms with Crippen LogP contribution in [0, 0.1) is 24.2 Å². The number of benzene rings is 1. The summed E-state index contributed by atoms with van der Waals surface area (Å²) in [5.74, 6) is -0.112. The maximum absolute atomic E-state index is 9.08. The second-order valence-corrected chi connectivity index (χ2v) is 3.97. The van der Waals surface area contributed by atoms with Crippen LogP contribution in [0.5, 0.6) is 0 Å².